The molecule has 0 unspecified atom stereocenters. The number of hydrogen-bond acceptors (Lipinski definition) is 5. The highest BCUT2D eigenvalue weighted by Gasteiger charge is 2.18. The Morgan fingerprint density at radius 3 is 2.37 bits per heavy atom. The highest BCUT2D eigenvalue weighted by Crippen LogP contribution is 2.20. The minimum atomic E-state index is 0.695. The van der Waals surface area contributed by atoms with Gasteiger partial charge in [-0.2, -0.15) is 0 Å². The first kappa shape index (κ1) is 17.6. The maximum atomic E-state index is 5.84. The fourth-order valence-electron chi connectivity index (χ4n) is 3.40. The molecule has 0 spiro atoms. The third-order valence-electron chi connectivity index (χ3n) is 5.02. The molecule has 0 N–H and O–H groups in total. The predicted octanol–water partition coefficient (Wildman–Crippen LogP) is 3.44. The number of piperazine rings is 1. The van der Waals surface area contributed by atoms with E-state index in [0.717, 1.165) is 55.6 Å². The third-order valence-corrected chi connectivity index (χ3v) is 5.02. The van der Waals surface area contributed by atoms with Gasteiger partial charge in [0.1, 0.15) is 23.9 Å². The van der Waals surface area contributed by atoms with Crippen LogP contribution < -0.4 is 14.4 Å². The van der Waals surface area contributed by atoms with E-state index in [9.17, 15) is 0 Å². The average molecular weight is 363 g/mol. The Hall–Kier alpha value is -2.79. The first-order valence-electron chi connectivity index (χ1n) is 9.42. The Balaban J connectivity index is 1.25. The molecule has 5 heteroatoms. The summed E-state index contributed by atoms with van der Waals surface area (Å²) in [4.78, 5) is 9.63. The van der Waals surface area contributed by atoms with Crippen LogP contribution in [0.5, 0.6) is 11.5 Å². The van der Waals surface area contributed by atoms with Crippen LogP contribution >= 0.6 is 0 Å². The largest absolute Gasteiger partial charge is 0.497 e. The monoisotopic (exact) mass is 363 g/mol. The first-order chi connectivity index (χ1) is 13.3. The lowest BCUT2D eigenvalue weighted by atomic mass is 10.2. The number of aromatic nitrogens is 1. The lowest BCUT2D eigenvalue weighted by Gasteiger charge is -2.35. The molecule has 0 saturated carbocycles. The predicted molar refractivity (Wildman–Crippen MR) is 109 cm³/mol. The van der Waals surface area contributed by atoms with Crippen LogP contribution in [0.15, 0.2) is 60.7 Å². The zero-order valence-electron chi connectivity index (χ0n) is 15.7. The highest BCUT2D eigenvalue weighted by atomic mass is 16.5. The number of pyridine rings is 1. The van der Waals surface area contributed by atoms with Crippen molar-refractivity contribution in [2.24, 2.45) is 0 Å². The fraction of sp³-hybridized carbons (Fsp3) is 0.318. The first-order valence-corrected chi connectivity index (χ1v) is 9.42. The molecule has 1 aromatic heterocycles. The van der Waals surface area contributed by atoms with Gasteiger partial charge in [-0.3, -0.25) is 4.90 Å². The van der Waals surface area contributed by atoms with E-state index in [-0.39, 0.29) is 0 Å². The normalized spacial score (nSPS) is 15.1. The summed E-state index contributed by atoms with van der Waals surface area (Å²) in [6.45, 7) is 5.67. The summed E-state index contributed by atoms with van der Waals surface area (Å²) < 4.78 is 11.0. The van der Waals surface area contributed by atoms with Crippen molar-refractivity contribution in [3.8, 4) is 11.5 Å². The number of fused-ring (bicyclic) bond motifs is 1. The molecule has 27 heavy (non-hydrogen) atoms. The second-order valence-electron chi connectivity index (χ2n) is 6.71. The molecule has 1 aliphatic heterocycles. The number of rotatable bonds is 6. The van der Waals surface area contributed by atoms with E-state index in [1.54, 1.807) is 7.11 Å². The smallest absolute Gasteiger partial charge is 0.129 e. The Kier molecular flexibility index (Phi) is 5.39. The number of hydrogen-bond donors (Lipinski definition) is 0. The van der Waals surface area contributed by atoms with Crippen molar-refractivity contribution in [2.75, 3.05) is 51.3 Å². The molecule has 1 saturated heterocycles. The Morgan fingerprint density at radius 1 is 0.852 bits per heavy atom. The highest BCUT2D eigenvalue weighted by molar-refractivity contribution is 5.80. The molecule has 0 radical (unpaired) electrons. The lowest BCUT2D eigenvalue weighted by Crippen LogP contribution is -2.47. The molecule has 1 fully saturated rings. The van der Waals surface area contributed by atoms with Crippen LogP contribution in [0.3, 0.4) is 0 Å². The van der Waals surface area contributed by atoms with Gasteiger partial charge in [0.2, 0.25) is 0 Å². The summed E-state index contributed by atoms with van der Waals surface area (Å²) in [7, 11) is 1.67. The van der Waals surface area contributed by atoms with Crippen LogP contribution in [0, 0.1) is 0 Å². The summed E-state index contributed by atoms with van der Waals surface area (Å²) in [5.74, 6) is 2.80. The molecule has 3 aromatic rings. The molecule has 2 aromatic carbocycles. The van der Waals surface area contributed by atoms with E-state index in [0.29, 0.717) is 6.61 Å². The van der Waals surface area contributed by atoms with Gasteiger partial charge in [0.15, 0.2) is 0 Å². The second kappa shape index (κ2) is 8.27. The summed E-state index contributed by atoms with van der Waals surface area (Å²) in [6.07, 6.45) is 0. The molecule has 140 valence electrons. The molecule has 4 rings (SSSR count). The van der Waals surface area contributed by atoms with E-state index in [1.165, 1.54) is 5.39 Å². The van der Waals surface area contributed by atoms with Gasteiger partial charge in [-0.1, -0.05) is 18.2 Å². The summed E-state index contributed by atoms with van der Waals surface area (Å²) in [5.41, 5.74) is 1.06. The molecule has 1 aliphatic rings. The van der Waals surface area contributed by atoms with Gasteiger partial charge in [-0.25, -0.2) is 4.98 Å². The number of anilines is 1. The SMILES string of the molecule is COc1ccc(OCCN2CCN(c3ccc4ccccc4n3)CC2)cc1. The van der Waals surface area contributed by atoms with Crippen molar-refractivity contribution in [1.29, 1.82) is 0 Å². The van der Waals surface area contributed by atoms with Crippen molar-refractivity contribution < 1.29 is 9.47 Å². The third kappa shape index (κ3) is 4.31. The van der Waals surface area contributed by atoms with E-state index in [1.807, 2.05) is 30.3 Å². The Bertz CT molecular complexity index is 874. The van der Waals surface area contributed by atoms with Gasteiger partial charge in [0.05, 0.1) is 12.6 Å². The van der Waals surface area contributed by atoms with Crippen molar-refractivity contribution in [3.63, 3.8) is 0 Å². The molecule has 5 nitrogen and oxygen atoms in total. The summed E-state index contributed by atoms with van der Waals surface area (Å²) >= 11 is 0. The molecule has 0 bridgehead atoms. The van der Waals surface area contributed by atoms with Crippen molar-refractivity contribution in [3.05, 3.63) is 60.7 Å². The van der Waals surface area contributed by atoms with E-state index >= 15 is 0 Å². The van der Waals surface area contributed by atoms with Crippen LogP contribution in [-0.2, 0) is 0 Å². The Labute approximate surface area is 160 Å². The summed E-state index contributed by atoms with van der Waals surface area (Å²) in [6, 6.07) is 20.3. The lowest BCUT2D eigenvalue weighted by molar-refractivity contribution is 0.200. The van der Waals surface area contributed by atoms with Crippen LogP contribution in [0.4, 0.5) is 5.82 Å². The number of methoxy groups -OCH3 is 1. The van der Waals surface area contributed by atoms with Gasteiger partial charge in [0, 0.05) is 38.1 Å². The van der Waals surface area contributed by atoms with Gasteiger partial charge >= 0.3 is 0 Å². The molecule has 0 amide bonds. The van der Waals surface area contributed by atoms with Gasteiger partial charge in [-0.15, -0.1) is 0 Å². The van der Waals surface area contributed by atoms with Crippen molar-refractivity contribution >= 4 is 16.7 Å². The van der Waals surface area contributed by atoms with Crippen LogP contribution in [0.25, 0.3) is 10.9 Å². The maximum absolute atomic E-state index is 5.84. The molecular weight excluding hydrogens is 338 g/mol. The van der Waals surface area contributed by atoms with E-state index in [2.05, 4.69) is 40.1 Å². The topological polar surface area (TPSA) is 37.8 Å². The standard InChI is InChI=1S/C22H25N3O2/c1-26-19-7-9-20(10-8-19)27-17-16-24-12-14-25(15-13-24)22-11-6-18-4-2-3-5-21(18)23-22/h2-11H,12-17H2,1H3. The quantitative estimate of drug-likeness (QED) is 0.671. The van der Waals surface area contributed by atoms with Crippen LogP contribution in [0.2, 0.25) is 0 Å². The number of benzene rings is 2. The Morgan fingerprint density at radius 2 is 1.59 bits per heavy atom. The molecule has 0 aliphatic carbocycles. The summed E-state index contributed by atoms with van der Waals surface area (Å²) in [5, 5.41) is 1.19. The number of para-hydroxylation sites is 1. The molecular formula is C22H25N3O2. The molecule has 0 atom stereocenters. The zero-order chi connectivity index (χ0) is 18.5. The minimum absolute atomic E-state index is 0.695. The second-order valence-corrected chi connectivity index (χ2v) is 6.71. The van der Waals surface area contributed by atoms with Crippen LogP contribution in [-0.4, -0.2) is 56.3 Å². The zero-order valence-corrected chi connectivity index (χ0v) is 15.7. The van der Waals surface area contributed by atoms with Gasteiger partial charge in [0.25, 0.3) is 0 Å². The van der Waals surface area contributed by atoms with Crippen molar-refractivity contribution in [1.82, 2.24) is 9.88 Å². The van der Waals surface area contributed by atoms with E-state index in [4.69, 9.17) is 14.5 Å². The minimum Gasteiger partial charge on any atom is -0.497 e. The van der Waals surface area contributed by atoms with Gasteiger partial charge in [-0.05, 0) is 42.5 Å². The average Bonchev–Trinajstić information content (AvgIpc) is 2.74. The molecule has 2 heterocycles. The maximum Gasteiger partial charge on any atom is 0.129 e. The van der Waals surface area contributed by atoms with Crippen molar-refractivity contribution in [2.45, 2.75) is 0 Å². The van der Waals surface area contributed by atoms with E-state index < -0.39 is 0 Å². The number of nitrogens with zero attached hydrogens (tertiary/aromatic N) is 3. The fourth-order valence-corrected chi connectivity index (χ4v) is 3.40. The van der Waals surface area contributed by atoms with Gasteiger partial charge < -0.3 is 14.4 Å². The van der Waals surface area contributed by atoms with Crippen LogP contribution in [0.1, 0.15) is 0 Å². The number of ether oxygens (including phenoxy) is 2.